The van der Waals surface area contributed by atoms with Crippen LogP contribution in [-0.2, 0) is 26.0 Å². The first-order valence-corrected chi connectivity index (χ1v) is 10.9. The molecule has 3 rings (SSSR count). The lowest BCUT2D eigenvalue weighted by Crippen LogP contribution is -2.35. The zero-order chi connectivity index (χ0) is 22.8. The second kappa shape index (κ2) is 8.62. The molecular weight excluding hydrogens is 418 g/mol. The summed E-state index contributed by atoms with van der Waals surface area (Å²) in [7, 11) is -3.93. The van der Waals surface area contributed by atoms with Crippen LogP contribution in [0.4, 0.5) is 5.69 Å². The second-order valence-electron chi connectivity index (χ2n) is 7.18. The van der Waals surface area contributed by atoms with E-state index < -0.39 is 28.4 Å². The number of carbonyl (C=O) groups is 2. The molecule has 2 N–H and O–H groups in total. The average molecular weight is 439 g/mol. The highest BCUT2D eigenvalue weighted by Crippen LogP contribution is 2.36. The number of nitrogens with two attached hydrogens (primary N) is 1. The second-order valence-corrected chi connectivity index (χ2v) is 8.99. The molecule has 2 aromatic carbocycles. The van der Waals surface area contributed by atoms with Crippen molar-refractivity contribution in [3.63, 3.8) is 0 Å². The van der Waals surface area contributed by atoms with Crippen LogP contribution in [0.3, 0.4) is 0 Å². The molecule has 0 saturated carbocycles. The Bertz CT molecular complexity index is 1220. The van der Waals surface area contributed by atoms with E-state index in [-0.39, 0.29) is 27.8 Å². The molecular formula is C22H21N3O5S. The maximum Gasteiger partial charge on any atom is 0.338 e. The predicted octanol–water partition coefficient (Wildman–Crippen LogP) is 2.31. The highest BCUT2D eigenvalue weighted by Gasteiger charge is 2.36. The number of allylic oxidation sites excluding steroid dienone is 1. The Balaban J connectivity index is 1.83. The van der Waals surface area contributed by atoms with Crippen LogP contribution in [0.25, 0.3) is 0 Å². The number of ether oxygens (including phenoxy) is 1. The summed E-state index contributed by atoms with van der Waals surface area (Å²) < 4.78 is 32.9. The number of rotatable bonds is 6. The number of esters is 1. The largest absolute Gasteiger partial charge is 0.454 e. The van der Waals surface area contributed by atoms with Gasteiger partial charge in [-0.1, -0.05) is 24.3 Å². The van der Waals surface area contributed by atoms with E-state index in [1.54, 1.807) is 18.2 Å². The first-order chi connectivity index (χ1) is 14.7. The fraction of sp³-hybridized carbons (Fsp3) is 0.227. The molecule has 0 spiro atoms. The number of carbonyl (C=O) groups excluding carboxylic acids is 2. The van der Waals surface area contributed by atoms with Crippen LogP contribution in [-0.4, -0.2) is 32.8 Å². The van der Waals surface area contributed by atoms with E-state index in [0.717, 1.165) is 5.56 Å². The Morgan fingerprint density at radius 1 is 1.23 bits per heavy atom. The number of anilines is 1. The third-order valence-electron chi connectivity index (χ3n) is 4.89. The van der Waals surface area contributed by atoms with Gasteiger partial charge in [0.1, 0.15) is 11.6 Å². The first kappa shape index (κ1) is 22.1. The average Bonchev–Trinajstić information content (AvgIpc) is 3.08. The van der Waals surface area contributed by atoms with Gasteiger partial charge in [-0.25, -0.2) is 13.2 Å². The van der Waals surface area contributed by atoms with Crippen LogP contribution in [0.2, 0.25) is 0 Å². The molecule has 0 unspecified atom stereocenters. The van der Waals surface area contributed by atoms with Gasteiger partial charge >= 0.3 is 5.97 Å². The summed E-state index contributed by atoms with van der Waals surface area (Å²) in [5.74, 6) is -1.62. The third-order valence-corrected chi connectivity index (χ3v) is 6.81. The van der Waals surface area contributed by atoms with Gasteiger partial charge in [0.25, 0.3) is 10.0 Å². The lowest BCUT2D eigenvalue weighted by atomic mass is 10.1. The molecule has 1 atom stereocenters. The standard InChI is InChI=1S/C22H21N3O5S/c1-14-10-16-6-3-4-9-20(16)25(14)31(28,29)18-8-5-7-17(11-18)22(27)30-13-21(26)19(12-23)15(2)24/h3-9,11,14H,10,13,24H2,1-2H3/b19-15-/t14-/m0/s1. The van der Waals surface area contributed by atoms with Crippen molar-refractivity contribution in [1.82, 2.24) is 0 Å². The number of fused-ring (bicyclic) bond motifs is 1. The molecule has 0 radical (unpaired) electrons. The Hall–Kier alpha value is -3.64. The Kier molecular flexibility index (Phi) is 6.13. The van der Waals surface area contributed by atoms with Crippen LogP contribution >= 0.6 is 0 Å². The topological polar surface area (TPSA) is 131 Å². The fourth-order valence-electron chi connectivity index (χ4n) is 3.46. The SMILES string of the molecule is C/C(N)=C(\C#N)C(=O)COC(=O)c1cccc(S(=O)(=O)N2c3ccccc3C[C@@H]2C)c1. The van der Waals surface area contributed by atoms with Crippen molar-refractivity contribution in [2.24, 2.45) is 5.73 Å². The summed E-state index contributed by atoms with van der Waals surface area (Å²) in [6.07, 6.45) is 0.592. The molecule has 1 aliphatic rings. The van der Waals surface area contributed by atoms with Gasteiger partial charge in [-0.3, -0.25) is 9.10 Å². The maximum absolute atomic E-state index is 13.3. The normalized spacial score (nSPS) is 16.2. The number of Topliss-reactive ketones (excluding diaryl/α,β-unsaturated/α-hetero) is 1. The number of benzene rings is 2. The number of nitriles is 1. The summed E-state index contributed by atoms with van der Waals surface area (Å²) in [4.78, 5) is 24.3. The zero-order valence-electron chi connectivity index (χ0n) is 17.0. The van der Waals surface area contributed by atoms with E-state index in [9.17, 15) is 18.0 Å². The number of ketones is 1. The molecule has 1 heterocycles. The smallest absolute Gasteiger partial charge is 0.338 e. The number of para-hydroxylation sites is 1. The van der Waals surface area contributed by atoms with Gasteiger partial charge in [0.05, 0.1) is 16.1 Å². The highest BCUT2D eigenvalue weighted by molar-refractivity contribution is 7.92. The van der Waals surface area contributed by atoms with E-state index in [4.69, 9.17) is 15.7 Å². The van der Waals surface area contributed by atoms with Crippen LogP contribution in [0, 0.1) is 11.3 Å². The van der Waals surface area contributed by atoms with E-state index in [2.05, 4.69) is 0 Å². The summed E-state index contributed by atoms with van der Waals surface area (Å²) in [5, 5.41) is 8.95. The number of hydrogen-bond acceptors (Lipinski definition) is 7. The lowest BCUT2D eigenvalue weighted by molar-refractivity contribution is -0.118. The molecule has 0 amide bonds. The number of nitrogens with zero attached hydrogens (tertiary/aromatic N) is 2. The minimum Gasteiger partial charge on any atom is -0.454 e. The third kappa shape index (κ3) is 4.29. The van der Waals surface area contributed by atoms with Crippen LogP contribution in [0.1, 0.15) is 29.8 Å². The molecule has 160 valence electrons. The summed E-state index contributed by atoms with van der Waals surface area (Å²) >= 11 is 0. The molecule has 0 saturated heterocycles. The van der Waals surface area contributed by atoms with Crippen molar-refractivity contribution < 1.29 is 22.7 Å². The van der Waals surface area contributed by atoms with Gasteiger partial charge in [-0.05, 0) is 50.1 Å². The van der Waals surface area contributed by atoms with Crippen molar-refractivity contribution in [3.8, 4) is 6.07 Å². The van der Waals surface area contributed by atoms with Crippen molar-refractivity contribution in [1.29, 1.82) is 5.26 Å². The molecule has 0 aromatic heterocycles. The van der Waals surface area contributed by atoms with E-state index in [0.29, 0.717) is 12.1 Å². The van der Waals surface area contributed by atoms with E-state index in [1.807, 2.05) is 19.1 Å². The van der Waals surface area contributed by atoms with Gasteiger partial charge in [0.2, 0.25) is 5.78 Å². The fourth-order valence-corrected chi connectivity index (χ4v) is 5.20. The molecule has 0 fully saturated rings. The minimum absolute atomic E-state index is 0.0247. The van der Waals surface area contributed by atoms with Crippen molar-refractivity contribution in [3.05, 3.63) is 70.9 Å². The Morgan fingerprint density at radius 2 is 1.94 bits per heavy atom. The number of sulfonamides is 1. The van der Waals surface area contributed by atoms with Crippen LogP contribution < -0.4 is 10.0 Å². The summed E-state index contributed by atoms with van der Waals surface area (Å²) in [6.45, 7) is 2.54. The highest BCUT2D eigenvalue weighted by atomic mass is 32.2. The van der Waals surface area contributed by atoms with Crippen LogP contribution in [0.15, 0.2) is 64.7 Å². The van der Waals surface area contributed by atoms with Crippen molar-refractivity contribution in [2.45, 2.75) is 31.2 Å². The van der Waals surface area contributed by atoms with Crippen LogP contribution in [0.5, 0.6) is 0 Å². The van der Waals surface area contributed by atoms with Crippen molar-refractivity contribution >= 4 is 27.5 Å². The molecule has 0 aliphatic carbocycles. The van der Waals surface area contributed by atoms with Gasteiger partial charge < -0.3 is 10.5 Å². The van der Waals surface area contributed by atoms with Gasteiger partial charge in [0.15, 0.2) is 6.61 Å². The van der Waals surface area contributed by atoms with Crippen molar-refractivity contribution in [2.75, 3.05) is 10.9 Å². The van der Waals surface area contributed by atoms with Gasteiger partial charge in [0, 0.05) is 11.7 Å². The Labute approximate surface area is 180 Å². The molecule has 0 bridgehead atoms. The van der Waals surface area contributed by atoms with E-state index in [1.165, 1.54) is 35.5 Å². The monoisotopic (exact) mass is 439 g/mol. The molecule has 31 heavy (non-hydrogen) atoms. The lowest BCUT2D eigenvalue weighted by Gasteiger charge is -2.24. The molecule has 1 aliphatic heterocycles. The summed E-state index contributed by atoms with van der Waals surface area (Å²) in [5.41, 5.74) is 6.72. The van der Waals surface area contributed by atoms with Gasteiger partial charge in [-0.15, -0.1) is 0 Å². The Morgan fingerprint density at radius 3 is 2.61 bits per heavy atom. The molecule has 8 nitrogen and oxygen atoms in total. The van der Waals surface area contributed by atoms with E-state index >= 15 is 0 Å². The quantitative estimate of drug-likeness (QED) is 0.415. The molecule has 9 heteroatoms. The number of hydrogen-bond donors (Lipinski definition) is 1. The maximum atomic E-state index is 13.3. The first-order valence-electron chi connectivity index (χ1n) is 9.46. The zero-order valence-corrected chi connectivity index (χ0v) is 17.8. The van der Waals surface area contributed by atoms with Gasteiger partial charge in [-0.2, -0.15) is 5.26 Å². The predicted molar refractivity (Wildman–Crippen MR) is 114 cm³/mol. The molecule has 2 aromatic rings. The summed E-state index contributed by atoms with van der Waals surface area (Å²) in [6, 6.07) is 14.1. The minimum atomic E-state index is -3.93.